The summed E-state index contributed by atoms with van der Waals surface area (Å²) < 4.78 is 5.42. The number of aromatic amines is 1. The molecule has 0 aliphatic rings. The van der Waals surface area contributed by atoms with Crippen molar-refractivity contribution in [3.8, 4) is 0 Å². The SMILES string of the molecule is CN(C)CCOCCNC(=O)c1n[nH]c2ccccc12. The van der Waals surface area contributed by atoms with E-state index in [1.54, 1.807) is 0 Å². The molecular formula is C14H20N4O2. The lowest BCUT2D eigenvalue weighted by Crippen LogP contribution is -2.28. The Morgan fingerprint density at radius 2 is 2.15 bits per heavy atom. The van der Waals surface area contributed by atoms with E-state index < -0.39 is 0 Å². The van der Waals surface area contributed by atoms with Crippen LogP contribution in [0.1, 0.15) is 10.5 Å². The molecule has 2 N–H and O–H groups in total. The normalized spacial score (nSPS) is 11.2. The first-order valence-corrected chi connectivity index (χ1v) is 6.62. The zero-order valence-corrected chi connectivity index (χ0v) is 11.8. The van der Waals surface area contributed by atoms with Gasteiger partial charge in [0.2, 0.25) is 0 Å². The molecule has 0 bridgehead atoms. The van der Waals surface area contributed by atoms with Crippen molar-refractivity contribution in [1.29, 1.82) is 0 Å². The molecule has 2 rings (SSSR count). The minimum atomic E-state index is -0.182. The molecule has 0 aliphatic heterocycles. The first-order chi connectivity index (χ1) is 9.68. The predicted octanol–water partition coefficient (Wildman–Crippen LogP) is 0.871. The molecule has 6 nitrogen and oxygen atoms in total. The Balaban J connectivity index is 1.78. The molecule has 20 heavy (non-hydrogen) atoms. The van der Waals surface area contributed by atoms with E-state index in [0.717, 1.165) is 17.4 Å². The van der Waals surface area contributed by atoms with Gasteiger partial charge in [-0.3, -0.25) is 9.89 Å². The summed E-state index contributed by atoms with van der Waals surface area (Å²) >= 11 is 0. The number of amides is 1. The highest BCUT2D eigenvalue weighted by atomic mass is 16.5. The smallest absolute Gasteiger partial charge is 0.272 e. The van der Waals surface area contributed by atoms with Gasteiger partial charge in [-0.25, -0.2) is 0 Å². The third kappa shape index (κ3) is 3.79. The van der Waals surface area contributed by atoms with Crippen LogP contribution < -0.4 is 5.32 Å². The van der Waals surface area contributed by atoms with Crippen LogP contribution in [-0.2, 0) is 4.74 Å². The van der Waals surface area contributed by atoms with Gasteiger partial charge in [-0.05, 0) is 20.2 Å². The maximum Gasteiger partial charge on any atom is 0.272 e. The van der Waals surface area contributed by atoms with Crippen molar-refractivity contribution < 1.29 is 9.53 Å². The third-order valence-electron chi connectivity index (χ3n) is 2.90. The number of hydrogen-bond acceptors (Lipinski definition) is 4. The molecule has 2 aromatic rings. The number of likely N-dealkylation sites (N-methyl/N-ethyl adjacent to an activating group) is 1. The van der Waals surface area contributed by atoms with Crippen LogP contribution in [0.5, 0.6) is 0 Å². The monoisotopic (exact) mass is 276 g/mol. The van der Waals surface area contributed by atoms with Crippen LogP contribution >= 0.6 is 0 Å². The summed E-state index contributed by atoms with van der Waals surface area (Å²) in [5, 5.41) is 10.5. The summed E-state index contributed by atoms with van der Waals surface area (Å²) in [5.41, 5.74) is 1.29. The third-order valence-corrected chi connectivity index (χ3v) is 2.90. The molecule has 0 saturated heterocycles. The lowest BCUT2D eigenvalue weighted by Gasteiger charge is -2.10. The van der Waals surface area contributed by atoms with Crippen LogP contribution in [0.15, 0.2) is 24.3 Å². The van der Waals surface area contributed by atoms with Crippen LogP contribution in [0.4, 0.5) is 0 Å². The lowest BCUT2D eigenvalue weighted by molar-refractivity contribution is 0.0897. The number of nitrogens with zero attached hydrogens (tertiary/aromatic N) is 2. The zero-order valence-electron chi connectivity index (χ0n) is 11.8. The summed E-state index contributed by atoms with van der Waals surface area (Å²) in [5.74, 6) is -0.182. The molecule has 0 saturated carbocycles. The van der Waals surface area contributed by atoms with Gasteiger partial charge < -0.3 is 15.0 Å². The predicted molar refractivity (Wildman–Crippen MR) is 77.8 cm³/mol. The van der Waals surface area contributed by atoms with Crippen LogP contribution in [-0.4, -0.2) is 61.4 Å². The van der Waals surface area contributed by atoms with Crippen molar-refractivity contribution in [2.45, 2.75) is 0 Å². The number of nitrogens with one attached hydrogen (secondary N) is 2. The molecule has 1 amide bonds. The standard InChI is InChI=1S/C14H20N4O2/c1-18(2)8-10-20-9-7-15-14(19)13-11-5-3-4-6-12(11)16-17-13/h3-6H,7-10H2,1-2H3,(H,15,19)(H,16,17). The van der Waals surface area contributed by atoms with E-state index in [9.17, 15) is 4.79 Å². The molecule has 108 valence electrons. The molecule has 6 heteroatoms. The van der Waals surface area contributed by atoms with Crippen LogP contribution in [0, 0.1) is 0 Å². The first kappa shape index (κ1) is 14.5. The van der Waals surface area contributed by atoms with Crippen molar-refractivity contribution in [2.75, 3.05) is 40.4 Å². The average Bonchev–Trinajstić information content (AvgIpc) is 2.86. The second-order valence-corrected chi connectivity index (χ2v) is 4.79. The largest absolute Gasteiger partial charge is 0.378 e. The van der Waals surface area contributed by atoms with Gasteiger partial charge in [0, 0.05) is 18.5 Å². The van der Waals surface area contributed by atoms with Gasteiger partial charge in [-0.2, -0.15) is 5.10 Å². The minimum Gasteiger partial charge on any atom is -0.378 e. The van der Waals surface area contributed by atoms with Gasteiger partial charge in [0.15, 0.2) is 5.69 Å². The second-order valence-electron chi connectivity index (χ2n) is 4.79. The number of rotatable bonds is 7. The topological polar surface area (TPSA) is 70.2 Å². The van der Waals surface area contributed by atoms with Crippen molar-refractivity contribution >= 4 is 16.8 Å². The van der Waals surface area contributed by atoms with E-state index in [2.05, 4.69) is 20.4 Å². The van der Waals surface area contributed by atoms with Crippen molar-refractivity contribution in [2.24, 2.45) is 0 Å². The number of ether oxygens (including phenoxy) is 1. The Morgan fingerprint density at radius 1 is 1.35 bits per heavy atom. The maximum atomic E-state index is 12.0. The Hall–Kier alpha value is -1.92. The molecular weight excluding hydrogens is 256 g/mol. The number of hydrogen-bond donors (Lipinski definition) is 2. The fourth-order valence-corrected chi connectivity index (χ4v) is 1.81. The average molecular weight is 276 g/mol. The molecule has 0 radical (unpaired) electrons. The fraction of sp³-hybridized carbons (Fsp3) is 0.429. The summed E-state index contributed by atoms with van der Waals surface area (Å²) in [6, 6.07) is 7.56. The summed E-state index contributed by atoms with van der Waals surface area (Å²) in [4.78, 5) is 14.1. The van der Waals surface area contributed by atoms with Crippen LogP contribution in [0.25, 0.3) is 10.9 Å². The number of para-hydroxylation sites is 1. The molecule has 0 atom stereocenters. The highest BCUT2D eigenvalue weighted by Gasteiger charge is 2.12. The number of carbonyl (C=O) groups excluding carboxylic acids is 1. The van der Waals surface area contributed by atoms with E-state index in [1.165, 1.54) is 0 Å². The van der Waals surface area contributed by atoms with E-state index >= 15 is 0 Å². The van der Waals surface area contributed by atoms with Crippen molar-refractivity contribution in [1.82, 2.24) is 20.4 Å². The summed E-state index contributed by atoms with van der Waals surface area (Å²) in [6.45, 7) is 2.52. The number of H-pyrrole nitrogens is 1. The molecule has 1 heterocycles. The Bertz CT molecular complexity index is 565. The molecule has 1 aromatic carbocycles. The molecule has 0 fully saturated rings. The summed E-state index contributed by atoms with van der Waals surface area (Å²) in [6.07, 6.45) is 0. The first-order valence-electron chi connectivity index (χ1n) is 6.62. The van der Waals surface area contributed by atoms with Gasteiger partial charge in [0.25, 0.3) is 5.91 Å². The second kappa shape index (κ2) is 7.02. The number of carbonyl (C=O) groups is 1. The molecule has 1 aromatic heterocycles. The molecule has 0 aliphatic carbocycles. The van der Waals surface area contributed by atoms with E-state index in [1.807, 2.05) is 38.4 Å². The highest BCUT2D eigenvalue weighted by molar-refractivity contribution is 6.04. The quantitative estimate of drug-likeness (QED) is 0.736. The van der Waals surface area contributed by atoms with Gasteiger partial charge in [-0.15, -0.1) is 0 Å². The van der Waals surface area contributed by atoms with Gasteiger partial charge in [-0.1, -0.05) is 18.2 Å². The lowest BCUT2D eigenvalue weighted by atomic mass is 10.2. The van der Waals surface area contributed by atoms with E-state index in [4.69, 9.17) is 4.74 Å². The van der Waals surface area contributed by atoms with Gasteiger partial charge in [0.05, 0.1) is 18.7 Å². The highest BCUT2D eigenvalue weighted by Crippen LogP contribution is 2.14. The van der Waals surface area contributed by atoms with Gasteiger partial charge in [0.1, 0.15) is 0 Å². The van der Waals surface area contributed by atoms with Crippen LogP contribution in [0.3, 0.4) is 0 Å². The van der Waals surface area contributed by atoms with Crippen molar-refractivity contribution in [3.63, 3.8) is 0 Å². The Kier molecular flexibility index (Phi) is 5.09. The number of fused-ring (bicyclic) bond motifs is 1. The zero-order chi connectivity index (χ0) is 14.4. The summed E-state index contributed by atoms with van der Waals surface area (Å²) in [7, 11) is 3.99. The Labute approximate surface area is 118 Å². The molecule has 0 spiro atoms. The van der Waals surface area contributed by atoms with Crippen LogP contribution in [0.2, 0.25) is 0 Å². The van der Waals surface area contributed by atoms with Crippen molar-refractivity contribution in [3.05, 3.63) is 30.0 Å². The maximum absolute atomic E-state index is 12.0. The van der Waals surface area contributed by atoms with E-state index in [0.29, 0.717) is 25.5 Å². The van der Waals surface area contributed by atoms with E-state index in [-0.39, 0.29) is 5.91 Å². The number of aromatic nitrogens is 2. The molecule has 0 unspecified atom stereocenters. The number of benzene rings is 1. The Morgan fingerprint density at radius 3 is 2.95 bits per heavy atom. The minimum absolute atomic E-state index is 0.182. The fourth-order valence-electron chi connectivity index (χ4n) is 1.81. The van der Waals surface area contributed by atoms with Gasteiger partial charge >= 0.3 is 0 Å².